The molecule has 9 heavy (non-hydrogen) atoms. The fourth-order valence-corrected chi connectivity index (χ4v) is 4.70. The SMILES string of the molecule is C#CC1CCSS(=S)C1. The lowest BCUT2D eigenvalue weighted by atomic mass is 10.1. The lowest BCUT2D eigenvalue weighted by molar-refractivity contribution is 0.741. The van der Waals surface area contributed by atoms with Crippen LogP contribution in [0.5, 0.6) is 0 Å². The smallest absolute Gasteiger partial charge is 0.0310 e. The van der Waals surface area contributed by atoms with Crippen LogP contribution in [0, 0.1) is 18.3 Å². The van der Waals surface area contributed by atoms with Crippen molar-refractivity contribution in [2.75, 3.05) is 11.5 Å². The van der Waals surface area contributed by atoms with Crippen molar-refractivity contribution in [3.8, 4) is 12.3 Å². The van der Waals surface area contributed by atoms with Gasteiger partial charge in [0.25, 0.3) is 0 Å². The molecule has 1 heterocycles. The molecule has 0 aromatic carbocycles. The molecular formula is C6H8S3. The van der Waals surface area contributed by atoms with Gasteiger partial charge in [-0.15, -0.1) is 12.3 Å². The van der Waals surface area contributed by atoms with Gasteiger partial charge >= 0.3 is 0 Å². The van der Waals surface area contributed by atoms with Crippen molar-refractivity contribution >= 4 is 30.5 Å². The van der Waals surface area contributed by atoms with Gasteiger partial charge in [0, 0.05) is 17.4 Å². The first kappa shape index (κ1) is 7.59. The van der Waals surface area contributed by atoms with E-state index in [0.717, 1.165) is 5.75 Å². The average molecular weight is 176 g/mol. The number of rotatable bonds is 0. The molecule has 0 aromatic rings. The first-order valence-corrected chi connectivity index (χ1v) is 6.63. The Morgan fingerprint density at radius 3 is 3.00 bits per heavy atom. The summed E-state index contributed by atoms with van der Waals surface area (Å²) >= 11 is 5.13. The summed E-state index contributed by atoms with van der Waals surface area (Å²) in [6.45, 7) is 0. The summed E-state index contributed by atoms with van der Waals surface area (Å²) in [5.74, 6) is 5.47. The Bertz CT molecular complexity index is 156. The first-order chi connectivity index (χ1) is 4.33. The molecule has 1 aliphatic rings. The standard InChI is InChI=1S/C6H8S3/c1-2-6-3-4-8-9(7)5-6/h1,6H,3-5H2. The van der Waals surface area contributed by atoms with E-state index in [0.29, 0.717) is 5.92 Å². The van der Waals surface area contributed by atoms with Crippen molar-refractivity contribution in [3.05, 3.63) is 0 Å². The molecule has 2 unspecified atom stereocenters. The third kappa shape index (κ3) is 2.29. The van der Waals surface area contributed by atoms with E-state index in [-0.39, 0.29) is 8.49 Å². The van der Waals surface area contributed by atoms with Gasteiger partial charge in [0.1, 0.15) is 0 Å². The number of hydrogen-bond acceptors (Lipinski definition) is 2. The van der Waals surface area contributed by atoms with E-state index < -0.39 is 0 Å². The fourth-order valence-electron chi connectivity index (χ4n) is 0.710. The third-order valence-corrected chi connectivity index (χ3v) is 5.57. The van der Waals surface area contributed by atoms with Gasteiger partial charge in [0.2, 0.25) is 0 Å². The molecule has 0 N–H and O–H groups in total. The molecule has 2 atom stereocenters. The molecule has 50 valence electrons. The summed E-state index contributed by atoms with van der Waals surface area (Å²) in [6.07, 6.45) is 6.43. The summed E-state index contributed by atoms with van der Waals surface area (Å²) in [7, 11) is 2.02. The Labute approximate surface area is 66.8 Å². The molecular weight excluding hydrogens is 168 g/mol. The maximum absolute atomic E-state index is 5.26. The van der Waals surface area contributed by atoms with E-state index >= 15 is 0 Å². The minimum absolute atomic E-state index is 0.137. The highest BCUT2D eigenvalue weighted by Gasteiger charge is 2.13. The summed E-state index contributed by atoms with van der Waals surface area (Å²) in [5, 5.41) is 0. The Morgan fingerprint density at radius 2 is 2.56 bits per heavy atom. The Balaban J connectivity index is 2.43. The predicted octanol–water partition coefficient (Wildman–Crippen LogP) is 1.37. The first-order valence-electron chi connectivity index (χ1n) is 2.80. The molecule has 0 radical (unpaired) electrons. The zero-order chi connectivity index (χ0) is 6.69. The Hall–Kier alpha value is 0.480. The lowest BCUT2D eigenvalue weighted by Crippen LogP contribution is -2.13. The van der Waals surface area contributed by atoms with Crippen molar-refractivity contribution in [3.63, 3.8) is 0 Å². The summed E-state index contributed by atoms with van der Waals surface area (Å²) < 4.78 is 0. The van der Waals surface area contributed by atoms with E-state index in [1.807, 2.05) is 10.8 Å². The normalized spacial score (nSPS) is 35.4. The Kier molecular flexibility index (Phi) is 3.03. The van der Waals surface area contributed by atoms with E-state index in [2.05, 4.69) is 5.92 Å². The van der Waals surface area contributed by atoms with Crippen LogP contribution in [0.3, 0.4) is 0 Å². The quantitative estimate of drug-likeness (QED) is 0.404. The number of hydrogen-bond donors (Lipinski definition) is 0. The second-order valence-electron chi connectivity index (χ2n) is 1.94. The predicted molar refractivity (Wildman–Crippen MR) is 49.0 cm³/mol. The molecule has 1 saturated heterocycles. The van der Waals surface area contributed by atoms with Crippen molar-refractivity contribution in [2.24, 2.45) is 5.92 Å². The molecule has 1 aliphatic heterocycles. The van der Waals surface area contributed by atoms with E-state index in [1.165, 1.54) is 12.2 Å². The van der Waals surface area contributed by atoms with Crippen LogP contribution < -0.4 is 0 Å². The van der Waals surface area contributed by atoms with E-state index in [1.54, 1.807) is 0 Å². The Morgan fingerprint density at radius 1 is 1.78 bits per heavy atom. The highest BCUT2D eigenvalue weighted by atomic mass is 33.3. The van der Waals surface area contributed by atoms with Crippen molar-refractivity contribution < 1.29 is 0 Å². The van der Waals surface area contributed by atoms with Gasteiger partial charge in [0.05, 0.1) is 0 Å². The maximum atomic E-state index is 5.26. The highest BCUT2D eigenvalue weighted by molar-refractivity contribution is 8.82. The van der Waals surface area contributed by atoms with Gasteiger partial charge in [0.15, 0.2) is 0 Å². The van der Waals surface area contributed by atoms with Gasteiger partial charge in [-0.3, -0.25) is 0 Å². The minimum Gasteiger partial charge on any atom is -0.120 e. The highest BCUT2D eigenvalue weighted by Crippen LogP contribution is 2.22. The van der Waals surface area contributed by atoms with E-state index in [4.69, 9.17) is 17.6 Å². The van der Waals surface area contributed by atoms with Crippen LogP contribution in [0.1, 0.15) is 6.42 Å². The van der Waals surface area contributed by atoms with Crippen molar-refractivity contribution in [1.82, 2.24) is 0 Å². The molecule has 0 aliphatic carbocycles. The van der Waals surface area contributed by atoms with Crippen LogP contribution in [0.4, 0.5) is 0 Å². The van der Waals surface area contributed by atoms with Crippen LogP contribution in [-0.4, -0.2) is 11.5 Å². The largest absolute Gasteiger partial charge is 0.120 e. The molecule has 1 rings (SSSR count). The average Bonchev–Trinajstić information content (AvgIpc) is 1.88. The van der Waals surface area contributed by atoms with Crippen LogP contribution in [-0.2, 0) is 19.7 Å². The van der Waals surface area contributed by atoms with Gasteiger partial charge in [-0.05, 0) is 17.6 Å². The molecule has 1 fully saturated rings. The van der Waals surface area contributed by atoms with Crippen LogP contribution in [0.15, 0.2) is 0 Å². The third-order valence-electron chi connectivity index (χ3n) is 1.25. The van der Waals surface area contributed by atoms with E-state index in [9.17, 15) is 0 Å². The van der Waals surface area contributed by atoms with Gasteiger partial charge in [-0.25, -0.2) is 0 Å². The zero-order valence-electron chi connectivity index (χ0n) is 5.00. The molecule has 0 nitrogen and oxygen atoms in total. The van der Waals surface area contributed by atoms with Crippen LogP contribution in [0.2, 0.25) is 0 Å². The van der Waals surface area contributed by atoms with Crippen molar-refractivity contribution in [2.45, 2.75) is 6.42 Å². The molecule has 0 spiro atoms. The molecule has 0 amide bonds. The molecule has 0 aromatic heterocycles. The van der Waals surface area contributed by atoms with Crippen molar-refractivity contribution in [1.29, 1.82) is 0 Å². The van der Waals surface area contributed by atoms with Gasteiger partial charge in [-0.1, -0.05) is 19.3 Å². The summed E-state index contributed by atoms with van der Waals surface area (Å²) in [4.78, 5) is 0. The van der Waals surface area contributed by atoms with Crippen LogP contribution >= 0.6 is 10.8 Å². The summed E-state index contributed by atoms with van der Waals surface area (Å²) in [5.41, 5.74) is 0. The second-order valence-corrected chi connectivity index (χ2v) is 7.28. The van der Waals surface area contributed by atoms with Crippen LogP contribution in [0.25, 0.3) is 0 Å². The van der Waals surface area contributed by atoms with Gasteiger partial charge < -0.3 is 0 Å². The monoisotopic (exact) mass is 176 g/mol. The maximum Gasteiger partial charge on any atom is 0.0310 e. The summed E-state index contributed by atoms with van der Waals surface area (Å²) in [6, 6.07) is 0. The molecule has 0 saturated carbocycles. The molecule has 0 bridgehead atoms. The second kappa shape index (κ2) is 3.60. The minimum atomic E-state index is 0.137. The molecule has 3 heteroatoms. The topological polar surface area (TPSA) is 0 Å². The lowest BCUT2D eigenvalue weighted by Gasteiger charge is -2.16. The van der Waals surface area contributed by atoms with Gasteiger partial charge in [-0.2, -0.15) is 0 Å². The fraction of sp³-hybridized carbons (Fsp3) is 0.667. The number of terminal acetylenes is 1. The zero-order valence-corrected chi connectivity index (χ0v) is 7.45.